The number of aliphatic hydroxyl groups is 1. The molecule has 7 atom stereocenters. The first kappa shape index (κ1) is 13.6. The molecular formula is C19H32O. The molecule has 0 bridgehead atoms. The highest BCUT2D eigenvalue weighted by molar-refractivity contribution is 5.08. The van der Waals surface area contributed by atoms with E-state index in [0.29, 0.717) is 16.7 Å². The molecule has 1 nitrogen and oxygen atoms in total. The van der Waals surface area contributed by atoms with Crippen LogP contribution in [-0.2, 0) is 0 Å². The van der Waals surface area contributed by atoms with Gasteiger partial charge in [0.05, 0.1) is 6.10 Å². The highest BCUT2D eigenvalue weighted by atomic mass is 16.3. The van der Waals surface area contributed by atoms with Crippen LogP contribution in [0.5, 0.6) is 0 Å². The summed E-state index contributed by atoms with van der Waals surface area (Å²) in [5, 5.41) is 10.6. The Labute approximate surface area is 124 Å². The van der Waals surface area contributed by atoms with Gasteiger partial charge in [0, 0.05) is 0 Å². The molecule has 0 saturated heterocycles. The summed E-state index contributed by atoms with van der Waals surface area (Å²) in [6, 6.07) is 0. The van der Waals surface area contributed by atoms with Crippen LogP contribution in [0.2, 0.25) is 0 Å². The third kappa shape index (κ3) is 1.71. The van der Waals surface area contributed by atoms with Crippen LogP contribution in [0.3, 0.4) is 0 Å². The highest BCUT2D eigenvalue weighted by Crippen LogP contribution is 2.66. The average Bonchev–Trinajstić information content (AvgIpc) is 2.74. The minimum atomic E-state index is 0.0107. The maximum absolute atomic E-state index is 10.6. The Morgan fingerprint density at radius 2 is 1.65 bits per heavy atom. The molecule has 114 valence electrons. The van der Waals surface area contributed by atoms with Gasteiger partial charge in [-0.15, -0.1) is 0 Å². The molecule has 1 heteroatoms. The molecule has 0 aliphatic heterocycles. The van der Waals surface area contributed by atoms with Crippen LogP contribution in [-0.4, -0.2) is 11.2 Å². The van der Waals surface area contributed by atoms with Crippen molar-refractivity contribution in [1.82, 2.24) is 0 Å². The summed E-state index contributed by atoms with van der Waals surface area (Å²) < 4.78 is 0. The van der Waals surface area contributed by atoms with Gasteiger partial charge in [0.2, 0.25) is 0 Å². The Morgan fingerprint density at radius 1 is 0.850 bits per heavy atom. The lowest BCUT2D eigenvalue weighted by Crippen LogP contribution is -2.53. The Hall–Kier alpha value is -0.0400. The predicted octanol–water partition coefficient (Wildman–Crippen LogP) is 4.78. The molecule has 4 aliphatic rings. The van der Waals surface area contributed by atoms with Crippen LogP contribution in [0.25, 0.3) is 0 Å². The van der Waals surface area contributed by atoms with Gasteiger partial charge in [-0.3, -0.25) is 0 Å². The zero-order valence-electron chi connectivity index (χ0n) is 13.4. The van der Waals surface area contributed by atoms with Crippen molar-refractivity contribution >= 4 is 0 Å². The second-order valence-corrected chi connectivity index (χ2v) is 9.12. The molecule has 4 rings (SSSR count). The van der Waals surface area contributed by atoms with Gasteiger partial charge in [-0.2, -0.15) is 0 Å². The summed E-state index contributed by atoms with van der Waals surface area (Å²) in [5.74, 6) is 3.39. The number of aliphatic hydroxyl groups excluding tert-OH is 1. The second-order valence-electron chi connectivity index (χ2n) is 9.12. The molecule has 20 heavy (non-hydrogen) atoms. The monoisotopic (exact) mass is 276 g/mol. The molecule has 4 fully saturated rings. The number of fused-ring (bicyclic) bond motifs is 5. The highest BCUT2D eigenvalue weighted by Gasteiger charge is 2.59. The Balaban J connectivity index is 1.66. The summed E-state index contributed by atoms with van der Waals surface area (Å²) in [6.45, 7) is 5.11. The van der Waals surface area contributed by atoms with E-state index in [1.54, 1.807) is 0 Å². The molecular weight excluding hydrogens is 244 g/mol. The van der Waals surface area contributed by atoms with Crippen LogP contribution in [0, 0.1) is 34.5 Å². The molecule has 0 radical (unpaired) electrons. The fourth-order valence-electron chi connectivity index (χ4n) is 7.32. The fourth-order valence-corrected chi connectivity index (χ4v) is 7.32. The molecule has 0 amide bonds. The Morgan fingerprint density at radius 3 is 2.50 bits per heavy atom. The quantitative estimate of drug-likeness (QED) is 0.675. The van der Waals surface area contributed by atoms with Crippen molar-refractivity contribution in [2.24, 2.45) is 34.5 Å². The first-order valence-corrected chi connectivity index (χ1v) is 9.23. The smallest absolute Gasteiger partial charge is 0.0576 e. The third-order valence-electron chi connectivity index (χ3n) is 8.38. The van der Waals surface area contributed by atoms with Gasteiger partial charge in [0.1, 0.15) is 0 Å². The third-order valence-corrected chi connectivity index (χ3v) is 8.38. The van der Waals surface area contributed by atoms with Crippen molar-refractivity contribution in [3.63, 3.8) is 0 Å². The van der Waals surface area contributed by atoms with E-state index in [9.17, 15) is 5.11 Å². The van der Waals surface area contributed by atoms with E-state index in [4.69, 9.17) is 0 Å². The summed E-state index contributed by atoms with van der Waals surface area (Å²) in [5.41, 5.74) is 1.09. The molecule has 0 spiro atoms. The normalized spacial score (nSPS) is 58.6. The molecule has 4 saturated carbocycles. The molecule has 4 aliphatic carbocycles. The number of rotatable bonds is 0. The van der Waals surface area contributed by atoms with E-state index in [1.165, 1.54) is 57.8 Å². The lowest BCUT2D eigenvalue weighted by molar-refractivity contribution is -0.122. The van der Waals surface area contributed by atoms with E-state index in [1.807, 2.05) is 0 Å². The molecule has 1 N–H and O–H groups in total. The number of hydrogen-bond donors (Lipinski definition) is 1. The number of hydrogen-bond acceptors (Lipinski definition) is 1. The van der Waals surface area contributed by atoms with Gasteiger partial charge >= 0.3 is 0 Å². The first-order valence-electron chi connectivity index (χ1n) is 9.23. The Bertz CT molecular complexity index is 391. The Kier molecular flexibility index (Phi) is 3.05. The van der Waals surface area contributed by atoms with Gasteiger partial charge in [-0.25, -0.2) is 0 Å². The van der Waals surface area contributed by atoms with E-state index in [-0.39, 0.29) is 6.10 Å². The molecule has 0 aromatic carbocycles. The van der Waals surface area contributed by atoms with Crippen molar-refractivity contribution in [3.8, 4) is 0 Å². The molecule has 0 aromatic heterocycles. The zero-order chi connectivity index (χ0) is 14.0. The van der Waals surface area contributed by atoms with Gasteiger partial charge in [0.25, 0.3) is 0 Å². The van der Waals surface area contributed by atoms with Gasteiger partial charge in [-0.05, 0) is 85.9 Å². The van der Waals surface area contributed by atoms with E-state index in [2.05, 4.69) is 13.8 Å². The molecule has 0 unspecified atom stereocenters. The van der Waals surface area contributed by atoms with Gasteiger partial charge in [-0.1, -0.05) is 26.7 Å². The summed E-state index contributed by atoms with van der Waals surface area (Å²) >= 11 is 0. The van der Waals surface area contributed by atoms with E-state index in [0.717, 1.165) is 24.2 Å². The van der Waals surface area contributed by atoms with Crippen LogP contribution >= 0.6 is 0 Å². The molecule has 0 aromatic rings. The second kappa shape index (κ2) is 4.48. The lowest BCUT2D eigenvalue weighted by atomic mass is 9.45. The van der Waals surface area contributed by atoms with Crippen molar-refractivity contribution in [3.05, 3.63) is 0 Å². The standard InChI is InChI=1S/C19H32O/c1-18-11-8-15-14(17(18)16(20)9-12-18)7-6-13-5-3-4-10-19(13,15)2/h13-17,20H,3-12H2,1-2H3/t13-,14-,15+,16-,17-,18-,19+/m1/s1. The van der Waals surface area contributed by atoms with E-state index >= 15 is 0 Å². The SMILES string of the molecule is C[C@@]12CC[C@@H](O)[C@H]1[C@@H]1CC[C@H]3CCCC[C@]3(C)[C@H]1CC2. The first-order chi connectivity index (χ1) is 9.55. The summed E-state index contributed by atoms with van der Waals surface area (Å²) in [4.78, 5) is 0. The van der Waals surface area contributed by atoms with Crippen LogP contribution in [0.4, 0.5) is 0 Å². The largest absolute Gasteiger partial charge is 0.393 e. The topological polar surface area (TPSA) is 20.2 Å². The summed E-state index contributed by atoms with van der Waals surface area (Å²) in [7, 11) is 0. The zero-order valence-corrected chi connectivity index (χ0v) is 13.4. The van der Waals surface area contributed by atoms with E-state index < -0.39 is 0 Å². The maximum atomic E-state index is 10.6. The molecule has 0 heterocycles. The van der Waals surface area contributed by atoms with Gasteiger partial charge < -0.3 is 5.11 Å². The fraction of sp³-hybridized carbons (Fsp3) is 1.00. The van der Waals surface area contributed by atoms with Crippen molar-refractivity contribution < 1.29 is 5.11 Å². The van der Waals surface area contributed by atoms with Crippen LogP contribution in [0.1, 0.15) is 78.1 Å². The summed E-state index contributed by atoms with van der Waals surface area (Å²) in [6.07, 6.45) is 14.0. The maximum Gasteiger partial charge on any atom is 0.0576 e. The minimum Gasteiger partial charge on any atom is -0.393 e. The van der Waals surface area contributed by atoms with Crippen molar-refractivity contribution in [2.45, 2.75) is 84.2 Å². The lowest BCUT2D eigenvalue weighted by Gasteiger charge is -2.60. The van der Waals surface area contributed by atoms with Gasteiger partial charge in [0.15, 0.2) is 0 Å². The van der Waals surface area contributed by atoms with Crippen molar-refractivity contribution in [2.75, 3.05) is 0 Å². The van der Waals surface area contributed by atoms with Crippen LogP contribution < -0.4 is 0 Å². The van der Waals surface area contributed by atoms with Crippen molar-refractivity contribution in [1.29, 1.82) is 0 Å². The van der Waals surface area contributed by atoms with Crippen LogP contribution in [0.15, 0.2) is 0 Å². The minimum absolute atomic E-state index is 0.0107. The predicted molar refractivity (Wildman–Crippen MR) is 82.4 cm³/mol. The average molecular weight is 276 g/mol.